The Bertz CT molecular complexity index is 1430. The maximum absolute atomic E-state index is 13.2. The van der Waals surface area contributed by atoms with Crippen LogP contribution in [0, 0.1) is 0 Å². The molecule has 1 saturated heterocycles. The van der Waals surface area contributed by atoms with Crippen molar-refractivity contribution in [2.24, 2.45) is 0 Å². The molecule has 43 heavy (non-hydrogen) atoms. The molecular formula is C33H38N4O6. The van der Waals surface area contributed by atoms with Gasteiger partial charge in [0.2, 0.25) is 0 Å². The normalized spacial score (nSPS) is 17.9. The average molecular weight is 587 g/mol. The van der Waals surface area contributed by atoms with Crippen molar-refractivity contribution in [1.82, 2.24) is 5.32 Å². The van der Waals surface area contributed by atoms with Crippen molar-refractivity contribution >= 4 is 35.2 Å². The molecule has 2 atom stereocenters. The van der Waals surface area contributed by atoms with E-state index in [1.54, 1.807) is 12.1 Å². The number of nitrogens with one attached hydrogen (secondary N) is 3. The highest BCUT2D eigenvalue weighted by Gasteiger charge is 2.40. The summed E-state index contributed by atoms with van der Waals surface area (Å²) < 4.78 is 16.3. The number of rotatable bonds is 8. The van der Waals surface area contributed by atoms with Crippen molar-refractivity contribution < 1.29 is 28.6 Å². The van der Waals surface area contributed by atoms with Crippen molar-refractivity contribution in [2.45, 2.75) is 51.4 Å². The molecule has 2 aliphatic rings. The molecule has 3 N–H and O–H groups in total. The maximum Gasteiger partial charge on any atom is 0.412 e. The molecule has 5 rings (SSSR count). The van der Waals surface area contributed by atoms with E-state index in [4.69, 9.17) is 14.2 Å². The maximum atomic E-state index is 13.2. The molecule has 0 radical (unpaired) electrons. The minimum Gasteiger partial charge on any atom is -0.444 e. The highest BCUT2D eigenvalue weighted by Crippen LogP contribution is 2.41. The summed E-state index contributed by atoms with van der Waals surface area (Å²) in [6.45, 7) is 8.13. The third kappa shape index (κ3) is 8.48. The summed E-state index contributed by atoms with van der Waals surface area (Å²) in [5.74, 6) is -0.0989. The molecule has 2 unspecified atom stereocenters. The molecule has 3 amide bonds. The molecule has 2 fully saturated rings. The molecule has 1 aliphatic carbocycles. The number of hydrogen-bond donors (Lipinski definition) is 3. The van der Waals surface area contributed by atoms with E-state index in [0.717, 1.165) is 23.2 Å². The zero-order valence-corrected chi connectivity index (χ0v) is 24.7. The lowest BCUT2D eigenvalue weighted by atomic mass is 10.1. The van der Waals surface area contributed by atoms with E-state index >= 15 is 0 Å². The summed E-state index contributed by atoms with van der Waals surface area (Å²) in [5.41, 5.74) is 3.72. The molecule has 1 heterocycles. The second-order valence-corrected chi connectivity index (χ2v) is 11.7. The smallest absolute Gasteiger partial charge is 0.412 e. The summed E-state index contributed by atoms with van der Waals surface area (Å²) >= 11 is 0. The summed E-state index contributed by atoms with van der Waals surface area (Å²) in [6, 6.07) is 22.3. The van der Waals surface area contributed by atoms with Gasteiger partial charge in [0.25, 0.3) is 5.91 Å². The molecule has 226 valence electrons. The van der Waals surface area contributed by atoms with E-state index in [2.05, 4.69) is 20.9 Å². The van der Waals surface area contributed by atoms with E-state index in [1.807, 2.05) is 81.4 Å². The molecule has 1 saturated carbocycles. The van der Waals surface area contributed by atoms with Crippen LogP contribution in [0.25, 0.3) is 0 Å². The third-order valence-electron chi connectivity index (χ3n) is 7.15. The van der Waals surface area contributed by atoms with Gasteiger partial charge in [-0.1, -0.05) is 42.5 Å². The van der Waals surface area contributed by atoms with Crippen LogP contribution in [0.5, 0.6) is 0 Å². The van der Waals surface area contributed by atoms with Gasteiger partial charge in [-0.25, -0.2) is 9.59 Å². The van der Waals surface area contributed by atoms with Gasteiger partial charge in [0.1, 0.15) is 12.2 Å². The van der Waals surface area contributed by atoms with Gasteiger partial charge >= 0.3 is 12.2 Å². The number of carbonyl (C=O) groups excluding carboxylic acids is 3. The molecule has 0 spiro atoms. The Hall–Kier alpha value is -4.57. The SMILES string of the molecule is CC(C)(C)OC(=O)NC1CC1c1ccc(NC(=O)c2ccc(N3CCOCC3)c(NC(=O)OCc3ccccc3)c2)cc1. The largest absolute Gasteiger partial charge is 0.444 e. The first-order valence-electron chi connectivity index (χ1n) is 14.5. The molecule has 3 aromatic rings. The van der Waals surface area contributed by atoms with Gasteiger partial charge in [-0.05, 0) is 68.7 Å². The van der Waals surface area contributed by atoms with Crippen LogP contribution in [0.1, 0.15) is 54.6 Å². The fourth-order valence-corrected chi connectivity index (χ4v) is 4.93. The van der Waals surface area contributed by atoms with Gasteiger partial charge in [0.05, 0.1) is 24.6 Å². The molecule has 10 heteroatoms. The zero-order valence-electron chi connectivity index (χ0n) is 24.7. The number of ether oxygens (including phenoxy) is 3. The highest BCUT2D eigenvalue weighted by molar-refractivity contribution is 6.06. The predicted molar refractivity (Wildman–Crippen MR) is 165 cm³/mol. The third-order valence-corrected chi connectivity index (χ3v) is 7.15. The fourth-order valence-electron chi connectivity index (χ4n) is 4.93. The number of morpholine rings is 1. The fraction of sp³-hybridized carbons (Fsp3) is 0.364. The number of anilines is 3. The predicted octanol–water partition coefficient (Wildman–Crippen LogP) is 5.90. The van der Waals surface area contributed by atoms with Crippen molar-refractivity contribution in [3.63, 3.8) is 0 Å². The van der Waals surface area contributed by atoms with Crippen LogP contribution in [0.4, 0.5) is 26.7 Å². The Balaban J connectivity index is 1.22. The van der Waals surface area contributed by atoms with Crippen LogP contribution in [-0.2, 0) is 20.8 Å². The van der Waals surface area contributed by atoms with Crippen LogP contribution in [-0.4, -0.2) is 56.0 Å². The summed E-state index contributed by atoms with van der Waals surface area (Å²) in [4.78, 5) is 40.1. The Labute approximate surface area is 251 Å². The van der Waals surface area contributed by atoms with Gasteiger partial charge in [-0.2, -0.15) is 0 Å². The molecule has 1 aliphatic heterocycles. The van der Waals surface area contributed by atoms with Crippen molar-refractivity contribution in [2.75, 3.05) is 41.8 Å². The van der Waals surface area contributed by atoms with Gasteiger partial charge in [0.15, 0.2) is 0 Å². The summed E-state index contributed by atoms with van der Waals surface area (Å²) in [7, 11) is 0. The molecule has 3 aromatic carbocycles. The zero-order chi connectivity index (χ0) is 30.4. The molecule has 10 nitrogen and oxygen atoms in total. The van der Waals surface area contributed by atoms with E-state index in [1.165, 1.54) is 0 Å². The van der Waals surface area contributed by atoms with Gasteiger partial charge in [-0.15, -0.1) is 0 Å². The minimum atomic E-state index is -0.606. The molecule has 0 aromatic heterocycles. The van der Waals surface area contributed by atoms with Crippen LogP contribution in [0.3, 0.4) is 0 Å². The number of alkyl carbamates (subject to hydrolysis) is 1. The number of hydrogen-bond acceptors (Lipinski definition) is 7. The second kappa shape index (κ2) is 13.2. The van der Waals surface area contributed by atoms with E-state index in [0.29, 0.717) is 43.2 Å². The Morgan fingerprint density at radius 1 is 0.907 bits per heavy atom. The van der Waals surface area contributed by atoms with Crippen molar-refractivity contribution in [1.29, 1.82) is 0 Å². The van der Waals surface area contributed by atoms with Gasteiger partial charge in [0, 0.05) is 36.3 Å². The van der Waals surface area contributed by atoms with Gasteiger partial charge < -0.3 is 29.7 Å². The lowest BCUT2D eigenvalue weighted by Crippen LogP contribution is -2.37. The Morgan fingerprint density at radius 3 is 2.33 bits per heavy atom. The summed E-state index contributed by atoms with van der Waals surface area (Å²) in [6.07, 6.45) is -0.183. The Morgan fingerprint density at radius 2 is 1.63 bits per heavy atom. The minimum absolute atomic E-state index is 0.0329. The van der Waals surface area contributed by atoms with E-state index < -0.39 is 17.8 Å². The second-order valence-electron chi connectivity index (χ2n) is 11.7. The van der Waals surface area contributed by atoms with Crippen LogP contribution in [0.15, 0.2) is 72.8 Å². The standard InChI is InChI=1S/C33H38N4O6/c1-33(2,3)43-32(40)35-27-20-26(27)23-9-12-25(13-10-23)34-30(38)24-11-14-29(37-15-17-41-18-16-37)28(19-24)36-31(39)42-21-22-7-5-4-6-8-22/h4-14,19,26-27H,15-18,20-21H2,1-3H3,(H,34,38)(H,35,40)(H,36,39). The Kier molecular flexibility index (Phi) is 9.16. The van der Waals surface area contributed by atoms with E-state index in [-0.39, 0.29) is 24.5 Å². The first-order chi connectivity index (χ1) is 20.6. The average Bonchev–Trinajstić information content (AvgIpc) is 3.75. The van der Waals surface area contributed by atoms with Gasteiger partial charge in [-0.3, -0.25) is 10.1 Å². The van der Waals surface area contributed by atoms with Crippen molar-refractivity contribution in [3.05, 3.63) is 89.5 Å². The van der Waals surface area contributed by atoms with Crippen LogP contribution in [0.2, 0.25) is 0 Å². The first kappa shape index (κ1) is 29.9. The number of amides is 3. The van der Waals surface area contributed by atoms with Crippen molar-refractivity contribution in [3.8, 4) is 0 Å². The molecule has 0 bridgehead atoms. The lowest BCUT2D eigenvalue weighted by Gasteiger charge is -2.30. The van der Waals surface area contributed by atoms with Crippen LogP contribution >= 0.6 is 0 Å². The number of carbonyl (C=O) groups is 3. The quantitative estimate of drug-likeness (QED) is 0.301. The number of benzene rings is 3. The summed E-state index contributed by atoms with van der Waals surface area (Å²) in [5, 5.41) is 8.68. The first-order valence-corrected chi connectivity index (χ1v) is 14.5. The van der Waals surface area contributed by atoms with E-state index in [9.17, 15) is 14.4 Å². The lowest BCUT2D eigenvalue weighted by molar-refractivity contribution is 0.0522. The molecular weight excluding hydrogens is 548 g/mol. The monoisotopic (exact) mass is 586 g/mol. The topological polar surface area (TPSA) is 118 Å². The highest BCUT2D eigenvalue weighted by atomic mass is 16.6. The number of nitrogens with zero attached hydrogens (tertiary/aromatic N) is 1. The van der Waals surface area contributed by atoms with Crippen LogP contribution < -0.4 is 20.9 Å².